The van der Waals surface area contributed by atoms with Gasteiger partial charge in [0.25, 0.3) is 0 Å². The van der Waals surface area contributed by atoms with Crippen molar-refractivity contribution in [1.29, 1.82) is 0 Å². The van der Waals surface area contributed by atoms with Crippen LogP contribution >= 0.6 is 46.3 Å². The molecule has 5 atom stereocenters. The van der Waals surface area contributed by atoms with Crippen LogP contribution in [0.4, 0.5) is 4.39 Å². The van der Waals surface area contributed by atoms with Gasteiger partial charge in [0, 0.05) is 37.2 Å². The minimum absolute atomic E-state index is 0.222. The normalized spacial score (nSPS) is 22.8. The van der Waals surface area contributed by atoms with Crippen molar-refractivity contribution in [2.24, 2.45) is 0 Å². The Morgan fingerprint density at radius 2 is 1.77 bits per heavy atom. The van der Waals surface area contributed by atoms with Gasteiger partial charge in [-0.1, -0.05) is 40.2 Å². The van der Waals surface area contributed by atoms with Crippen LogP contribution in [0.25, 0.3) is 10.7 Å². The Morgan fingerprint density at radius 1 is 1.10 bits per heavy atom. The third kappa shape index (κ3) is 7.06. The molecule has 2 unspecified atom stereocenters. The highest BCUT2D eigenvalue weighted by Gasteiger charge is 2.52. The quantitative estimate of drug-likeness (QED) is 0.203. The molecular weight excluding hydrogens is 598 g/mol. The molecule has 11 nitrogen and oxygen atoms in total. The fourth-order valence-electron chi connectivity index (χ4n) is 3.88. The van der Waals surface area contributed by atoms with Crippen LogP contribution in [-0.2, 0) is 33.3 Å². The molecule has 3 heterocycles. The topological polar surface area (TPSA) is 132 Å². The minimum Gasteiger partial charge on any atom is -0.463 e. The maximum absolute atomic E-state index is 14.1. The highest BCUT2D eigenvalue weighted by molar-refractivity contribution is 7.99. The number of aromatic nitrogens is 4. The van der Waals surface area contributed by atoms with E-state index in [1.165, 1.54) is 48.9 Å². The second-order valence-electron chi connectivity index (χ2n) is 8.22. The van der Waals surface area contributed by atoms with Gasteiger partial charge in [0.05, 0.1) is 16.2 Å². The van der Waals surface area contributed by atoms with Gasteiger partial charge in [0.2, 0.25) is 0 Å². The number of thiazole rings is 1. The van der Waals surface area contributed by atoms with Crippen molar-refractivity contribution in [3.63, 3.8) is 0 Å². The second-order valence-corrected chi connectivity index (χ2v) is 11.1. The molecule has 0 bridgehead atoms. The van der Waals surface area contributed by atoms with E-state index in [0.717, 1.165) is 11.8 Å². The second kappa shape index (κ2) is 12.6. The molecule has 0 aliphatic carbocycles. The van der Waals surface area contributed by atoms with Crippen molar-refractivity contribution < 1.29 is 37.7 Å². The first-order valence-corrected chi connectivity index (χ1v) is 13.8. The van der Waals surface area contributed by atoms with Gasteiger partial charge < -0.3 is 18.9 Å². The molecule has 39 heavy (non-hydrogen) atoms. The molecule has 0 spiro atoms. The number of hydrogen-bond donors (Lipinski definition) is 0. The molecule has 0 saturated carbocycles. The zero-order chi connectivity index (χ0) is 28.3. The summed E-state index contributed by atoms with van der Waals surface area (Å²) in [4.78, 5) is 40.7. The molecule has 0 N–H and O–H groups in total. The van der Waals surface area contributed by atoms with Gasteiger partial charge >= 0.3 is 17.9 Å². The molecule has 1 aromatic carbocycles. The predicted octanol–water partition coefficient (Wildman–Crippen LogP) is 4.33. The molecule has 4 rings (SSSR count). The number of carbonyl (C=O) groups is 3. The maximum atomic E-state index is 14.1. The summed E-state index contributed by atoms with van der Waals surface area (Å²) in [6.45, 7) is 3.33. The van der Waals surface area contributed by atoms with Gasteiger partial charge in [-0.3, -0.25) is 14.4 Å². The Hall–Kier alpha value is -2.78. The Labute approximate surface area is 239 Å². The van der Waals surface area contributed by atoms with Crippen LogP contribution in [-0.4, -0.2) is 68.2 Å². The largest absolute Gasteiger partial charge is 0.463 e. The maximum Gasteiger partial charge on any atom is 0.303 e. The first kappa shape index (κ1) is 29.2. The summed E-state index contributed by atoms with van der Waals surface area (Å²) in [5, 5.41) is 10.3. The summed E-state index contributed by atoms with van der Waals surface area (Å²) < 4.78 is 38.1. The Bertz CT molecular complexity index is 1340. The van der Waals surface area contributed by atoms with E-state index in [2.05, 4.69) is 15.3 Å². The van der Waals surface area contributed by atoms with Crippen molar-refractivity contribution in [3.8, 4) is 10.7 Å². The first-order valence-electron chi connectivity index (χ1n) is 11.3. The number of halogens is 3. The van der Waals surface area contributed by atoms with Crippen LogP contribution < -0.4 is 0 Å². The van der Waals surface area contributed by atoms with Gasteiger partial charge in [-0.25, -0.2) is 14.1 Å². The van der Waals surface area contributed by atoms with Gasteiger partial charge in [-0.2, -0.15) is 0 Å². The first-order chi connectivity index (χ1) is 18.5. The fourth-order valence-corrected chi connectivity index (χ4v) is 6.28. The van der Waals surface area contributed by atoms with E-state index in [1.54, 1.807) is 17.8 Å². The summed E-state index contributed by atoms with van der Waals surface area (Å²) >= 11 is 14.3. The van der Waals surface area contributed by atoms with Crippen molar-refractivity contribution in [1.82, 2.24) is 20.0 Å². The standard InChI is InChI=1S/C23H21Cl2FN4O7S2/c1-10(31)34-9-17-20(35-11(2)32)19(30-8-16(28-29-30)22-27-4-5-38-22)21(36-12(3)33)23(37-17)39-13-6-14(24)18(26)15(25)7-13/h4-8,17,19-21,23H,9H2,1-3H3/t17?,19-,20-,21?,23+/m0/s1. The lowest BCUT2D eigenvalue weighted by Gasteiger charge is -2.44. The Kier molecular flexibility index (Phi) is 9.43. The molecule has 2 aromatic heterocycles. The van der Waals surface area contributed by atoms with Crippen LogP contribution in [0.2, 0.25) is 10.0 Å². The lowest BCUT2D eigenvalue weighted by molar-refractivity contribution is -0.212. The number of nitrogens with zero attached hydrogens (tertiary/aromatic N) is 4. The summed E-state index contributed by atoms with van der Waals surface area (Å²) in [5.74, 6) is -2.70. The Morgan fingerprint density at radius 3 is 2.36 bits per heavy atom. The smallest absolute Gasteiger partial charge is 0.303 e. The number of esters is 3. The van der Waals surface area contributed by atoms with Crippen molar-refractivity contribution in [2.45, 2.75) is 55.5 Å². The molecule has 1 fully saturated rings. The SMILES string of the molecule is CC(=O)OCC1O[C@H](Sc2cc(Cl)c(F)c(Cl)c2)C(OC(C)=O)[C@@H](n2cc(-c3nccs3)nn2)[C@H]1OC(C)=O. The number of benzene rings is 1. The monoisotopic (exact) mass is 618 g/mol. The number of ether oxygens (including phenoxy) is 4. The highest BCUT2D eigenvalue weighted by atomic mass is 35.5. The summed E-state index contributed by atoms with van der Waals surface area (Å²) in [6, 6.07) is 1.69. The van der Waals surface area contributed by atoms with E-state index in [-0.39, 0.29) is 16.7 Å². The van der Waals surface area contributed by atoms with Crippen molar-refractivity contribution in [3.05, 3.63) is 45.8 Å². The number of rotatable bonds is 8. The average Bonchev–Trinajstić information content (AvgIpc) is 3.55. The third-order valence-corrected chi connectivity index (χ3v) is 7.81. The van der Waals surface area contributed by atoms with Gasteiger partial charge in [0.1, 0.15) is 34.9 Å². The molecule has 1 saturated heterocycles. The van der Waals surface area contributed by atoms with Crippen LogP contribution in [0.5, 0.6) is 0 Å². The van der Waals surface area contributed by atoms with Crippen LogP contribution in [0.1, 0.15) is 26.8 Å². The zero-order valence-corrected chi connectivity index (χ0v) is 23.7. The van der Waals surface area contributed by atoms with Crippen LogP contribution in [0.15, 0.2) is 34.8 Å². The summed E-state index contributed by atoms with van der Waals surface area (Å²) in [7, 11) is 0. The van der Waals surface area contributed by atoms with E-state index in [9.17, 15) is 18.8 Å². The summed E-state index contributed by atoms with van der Waals surface area (Å²) in [5.41, 5.74) is -0.575. The molecule has 3 aromatic rings. The molecule has 208 valence electrons. The van der Waals surface area contributed by atoms with Crippen molar-refractivity contribution >= 4 is 64.2 Å². The molecular formula is C23H21Cl2FN4O7S2. The molecule has 16 heteroatoms. The van der Waals surface area contributed by atoms with E-state index in [0.29, 0.717) is 15.6 Å². The number of hydrogen-bond acceptors (Lipinski definition) is 12. The number of thioether (sulfide) groups is 1. The Balaban J connectivity index is 1.80. The van der Waals surface area contributed by atoms with E-state index in [4.69, 9.17) is 42.1 Å². The predicted molar refractivity (Wildman–Crippen MR) is 139 cm³/mol. The van der Waals surface area contributed by atoms with Gasteiger partial charge in [-0.15, -0.1) is 16.4 Å². The van der Waals surface area contributed by atoms with E-state index in [1.807, 2.05) is 0 Å². The van der Waals surface area contributed by atoms with E-state index >= 15 is 0 Å². The lowest BCUT2D eigenvalue weighted by atomic mass is 9.96. The minimum atomic E-state index is -1.13. The van der Waals surface area contributed by atoms with Gasteiger partial charge in [0.15, 0.2) is 18.0 Å². The van der Waals surface area contributed by atoms with Crippen LogP contribution in [0, 0.1) is 5.82 Å². The van der Waals surface area contributed by atoms with E-state index < -0.39 is 53.5 Å². The highest BCUT2D eigenvalue weighted by Crippen LogP contribution is 2.42. The number of carbonyl (C=O) groups excluding carboxylic acids is 3. The zero-order valence-electron chi connectivity index (χ0n) is 20.6. The summed E-state index contributed by atoms with van der Waals surface area (Å²) in [6.07, 6.45) is -0.102. The fraction of sp³-hybridized carbons (Fsp3) is 0.391. The lowest BCUT2D eigenvalue weighted by Crippen LogP contribution is -2.57. The third-order valence-electron chi connectivity index (χ3n) is 5.35. The van der Waals surface area contributed by atoms with Crippen LogP contribution in [0.3, 0.4) is 0 Å². The molecule has 1 aliphatic heterocycles. The van der Waals surface area contributed by atoms with Gasteiger partial charge in [-0.05, 0) is 12.1 Å². The molecule has 1 aliphatic rings. The molecule has 0 radical (unpaired) electrons. The molecule has 0 amide bonds. The average molecular weight is 619 g/mol. The van der Waals surface area contributed by atoms with Crippen molar-refractivity contribution in [2.75, 3.05) is 6.61 Å².